The highest BCUT2D eigenvalue weighted by molar-refractivity contribution is 5.78. The molecule has 2 aliphatic rings. The molecule has 0 aliphatic carbocycles. The lowest BCUT2D eigenvalue weighted by atomic mass is 9.95. The summed E-state index contributed by atoms with van der Waals surface area (Å²) >= 11 is 0. The highest BCUT2D eigenvalue weighted by Gasteiger charge is 2.37. The van der Waals surface area contributed by atoms with Crippen LogP contribution < -0.4 is 10.6 Å². The molecule has 1 unspecified atom stereocenters. The number of unbranched alkanes of at least 4 members (excludes halogenated alkanes) is 15. The van der Waals surface area contributed by atoms with E-state index in [0.717, 1.165) is 38.6 Å². The van der Waals surface area contributed by atoms with Crippen LogP contribution in [0.3, 0.4) is 0 Å². The number of likely N-dealkylation sites (tertiary alicyclic amines) is 1. The highest BCUT2D eigenvalue weighted by Crippen LogP contribution is 2.26. The van der Waals surface area contributed by atoms with Gasteiger partial charge in [-0.15, -0.1) is 0 Å². The van der Waals surface area contributed by atoms with Gasteiger partial charge in [-0.3, -0.25) is 4.79 Å². The van der Waals surface area contributed by atoms with Gasteiger partial charge in [0.2, 0.25) is 5.91 Å². The van der Waals surface area contributed by atoms with Crippen molar-refractivity contribution in [3.63, 3.8) is 0 Å². The molecule has 2 aliphatic heterocycles. The first-order chi connectivity index (χ1) is 20.5. The SMILES string of the molecule is CCCCCCCCCCCCCCCCCCNC(=O)OCC1(COC(=O)NCCN2CCCC2=O)CCCCO1. The van der Waals surface area contributed by atoms with E-state index in [4.69, 9.17) is 14.2 Å². The van der Waals surface area contributed by atoms with Gasteiger partial charge in [0.1, 0.15) is 18.8 Å². The summed E-state index contributed by atoms with van der Waals surface area (Å²) in [6, 6.07) is 0. The van der Waals surface area contributed by atoms with Gasteiger partial charge in [-0.05, 0) is 32.1 Å². The molecule has 0 aromatic heterocycles. The van der Waals surface area contributed by atoms with Gasteiger partial charge in [-0.2, -0.15) is 0 Å². The number of alkyl carbamates (subject to hydrolysis) is 2. The first kappa shape index (κ1) is 36.2. The Morgan fingerprint density at radius 2 is 1.26 bits per heavy atom. The Morgan fingerprint density at radius 1 is 0.738 bits per heavy atom. The molecule has 9 nitrogen and oxygen atoms in total. The van der Waals surface area contributed by atoms with E-state index in [1.807, 2.05) is 0 Å². The molecule has 0 spiro atoms. The number of amides is 3. The van der Waals surface area contributed by atoms with E-state index >= 15 is 0 Å². The van der Waals surface area contributed by atoms with Crippen molar-refractivity contribution in [3.05, 3.63) is 0 Å². The van der Waals surface area contributed by atoms with Crippen molar-refractivity contribution in [2.75, 3.05) is 46.0 Å². The Kier molecular flexibility index (Phi) is 20.2. The van der Waals surface area contributed by atoms with Crippen LogP contribution in [0.1, 0.15) is 142 Å². The van der Waals surface area contributed by atoms with Gasteiger partial charge >= 0.3 is 12.2 Å². The van der Waals surface area contributed by atoms with E-state index in [2.05, 4.69) is 17.6 Å². The van der Waals surface area contributed by atoms with E-state index in [0.29, 0.717) is 39.1 Å². The van der Waals surface area contributed by atoms with E-state index in [9.17, 15) is 14.4 Å². The second-order valence-corrected chi connectivity index (χ2v) is 12.3. The van der Waals surface area contributed by atoms with Crippen molar-refractivity contribution >= 4 is 18.1 Å². The maximum Gasteiger partial charge on any atom is 0.407 e. The van der Waals surface area contributed by atoms with Crippen LogP contribution in [0.15, 0.2) is 0 Å². The molecule has 2 saturated heterocycles. The average Bonchev–Trinajstić information content (AvgIpc) is 3.41. The first-order valence-corrected chi connectivity index (χ1v) is 17.3. The predicted molar refractivity (Wildman–Crippen MR) is 167 cm³/mol. The molecule has 2 fully saturated rings. The monoisotopic (exact) mass is 595 g/mol. The van der Waals surface area contributed by atoms with Crippen molar-refractivity contribution < 1.29 is 28.6 Å². The summed E-state index contributed by atoms with van der Waals surface area (Å²) in [4.78, 5) is 37.9. The van der Waals surface area contributed by atoms with Crippen molar-refractivity contribution in [2.24, 2.45) is 0 Å². The fourth-order valence-electron chi connectivity index (χ4n) is 5.77. The van der Waals surface area contributed by atoms with Crippen molar-refractivity contribution in [3.8, 4) is 0 Å². The Labute approximate surface area is 255 Å². The highest BCUT2D eigenvalue weighted by atomic mass is 16.6. The molecule has 0 bridgehead atoms. The predicted octanol–water partition coefficient (Wildman–Crippen LogP) is 7.26. The molecular weight excluding hydrogens is 534 g/mol. The largest absolute Gasteiger partial charge is 0.446 e. The van der Waals surface area contributed by atoms with Gasteiger partial charge in [0.25, 0.3) is 0 Å². The standard InChI is InChI=1S/C33H61N3O6/c1-2-3-4-5-6-7-8-9-10-11-12-13-14-15-16-18-23-34-31(38)40-28-33(22-17-19-27-42-33)29-41-32(39)35-24-26-36-25-20-21-30(36)37/h2-29H2,1H3,(H,34,38)(H,35,39). The molecule has 0 aromatic rings. The van der Waals surface area contributed by atoms with Gasteiger partial charge in [0, 0.05) is 39.2 Å². The van der Waals surface area contributed by atoms with Crippen molar-refractivity contribution in [2.45, 2.75) is 147 Å². The number of ether oxygens (including phenoxy) is 3. The number of nitrogens with one attached hydrogen (secondary N) is 2. The number of hydrogen-bond acceptors (Lipinski definition) is 6. The normalized spacial score (nSPS) is 18.7. The fourth-order valence-corrected chi connectivity index (χ4v) is 5.77. The van der Waals surface area contributed by atoms with Gasteiger partial charge in [0.15, 0.2) is 0 Å². The summed E-state index contributed by atoms with van der Waals surface area (Å²) in [5.74, 6) is 0.130. The minimum Gasteiger partial charge on any atom is -0.446 e. The maximum absolute atomic E-state index is 12.3. The van der Waals surface area contributed by atoms with Crippen LogP contribution >= 0.6 is 0 Å². The zero-order valence-electron chi connectivity index (χ0n) is 26.7. The minimum atomic E-state index is -0.813. The molecule has 2 rings (SSSR count). The second-order valence-electron chi connectivity index (χ2n) is 12.3. The van der Waals surface area contributed by atoms with Crippen LogP contribution in [0.4, 0.5) is 9.59 Å². The summed E-state index contributed by atoms with van der Waals surface area (Å²) in [7, 11) is 0. The molecule has 2 N–H and O–H groups in total. The average molecular weight is 596 g/mol. The number of rotatable bonds is 24. The van der Waals surface area contributed by atoms with Crippen LogP contribution in [-0.2, 0) is 19.0 Å². The Hall–Kier alpha value is -2.03. The summed E-state index contributed by atoms with van der Waals surface area (Å²) in [5, 5.41) is 5.54. The topological polar surface area (TPSA) is 106 Å². The fraction of sp³-hybridized carbons (Fsp3) is 0.909. The smallest absolute Gasteiger partial charge is 0.407 e. The number of nitrogens with zero attached hydrogens (tertiary/aromatic N) is 1. The third-order valence-corrected chi connectivity index (χ3v) is 8.49. The van der Waals surface area contributed by atoms with E-state index in [1.54, 1.807) is 4.90 Å². The summed E-state index contributed by atoms with van der Waals surface area (Å²) in [5.41, 5.74) is -0.813. The summed E-state index contributed by atoms with van der Waals surface area (Å²) < 4.78 is 16.8. The van der Waals surface area contributed by atoms with Gasteiger partial charge in [0.05, 0.1) is 0 Å². The number of carbonyl (C=O) groups is 3. The molecular formula is C33H61N3O6. The maximum atomic E-state index is 12.3. The molecule has 0 aromatic carbocycles. The van der Waals surface area contributed by atoms with E-state index < -0.39 is 17.8 Å². The molecule has 2 heterocycles. The number of carbonyl (C=O) groups excluding carboxylic acids is 3. The summed E-state index contributed by atoms with van der Waals surface area (Å²) in [6.45, 7) is 5.06. The third kappa shape index (κ3) is 17.2. The molecule has 9 heteroatoms. The van der Waals surface area contributed by atoms with Crippen molar-refractivity contribution in [1.29, 1.82) is 0 Å². The molecule has 244 valence electrons. The van der Waals surface area contributed by atoms with E-state index in [-0.39, 0.29) is 19.1 Å². The second kappa shape index (κ2) is 23.4. The third-order valence-electron chi connectivity index (χ3n) is 8.49. The lowest BCUT2D eigenvalue weighted by Gasteiger charge is -2.36. The lowest BCUT2D eigenvalue weighted by Crippen LogP contribution is -2.48. The molecule has 0 radical (unpaired) electrons. The van der Waals surface area contributed by atoms with Crippen LogP contribution in [0.5, 0.6) is 0 Å². The zero-order chi connectivity index (χ0) is 30.1. The van der Waals surface area contributed by atoms with Crippen LogP contribution in [-0.4, -0.2) is 74.6 Å². The van der Waals surface area contributed by atoms with E-state index in [1.165, 1.54) is 89.9 Å². The minimum absolute atomic E-state index is 0.0217. The van der Waals surface area contributed by atoms with Crippen LogP contribution in [0.25, 0.3) is 0 Å². The van der Waals surface area contributed by atoms with Crippen LogP contribution in [0.2, 0.25) is 0 Å². The van der Waals surface area contributed by atoms with Gasteiger partial charge < -0.3 is 29.7 Å². The molecule has 1 atom stereocenters. The Morgan fingerprint density at radius 3 is 1.74 bits per heavy atom. The quantitative estimate of drug-likeness (QED) is 0.114. The molecule has 42 heavy (non-hydrogen) atoms. The van der Waals surface area contributed by atoms with Gasteiger partial charge in [-0.1, -0.05) is 103 Å². The van der Waals surface area contributed by atoms with Crippen LogP contribution in [0, 0.1) is 0 Å². The summed E-state index contributed by atoms with van der Waals surface area (Å²) in [6.07, 6.45) is 24.1. The first-order valence-electron chi connectivity index (χ1n) is 17.3. The molecule has 0 saturated carbocycles. The molecule has 3 amide bonds. The Balaban J connectivity index is 1.43. The van der Waals surface area contributed by atoms with Gasteiger partial charge in [-0.25, -0.2) is 9.59 Å². The Bertz CT molecular complexity index is 729. The zero-order valence-corrected chi connectivity index (χ0v) is 26.7. The lowest BCUT2D eigenvalue weighted by molar-refractivity contribution is -0.134. The van der Waals surface area contributed by atoms with Crippen molar-refractivity contribution in [1.82, 2.24) is 15.5 Å². The number of hydrogen-bond donors (Lipinski definition) is 2.